The number of amides is 2. The zero-order valence-electron chi connectivity index (χ0n) is 30.3. The molecule has 1 aromatic heterocycles. The van der Waals surface area contributed by atoms with Crippen molar-refractivity contribution in [3.8, 4) is 0 Å². The van der Waals surface area contributed by atoms with Gasteiger partial charge in [-0.3, -0.25) is 14.2 Å². The minimum Gasteiger partial charge on any atom is -0.458 e. The molecule has 11 nitrogen and oxygen atoms in total. The summed E-state index contributed by atoms with van der Waals surface area (Å²) in [4.78, 5) is 66.1. The smallest absolute Gasteiger partial charge is 0.419 e. The first-order valence-corrected chi connectivity index (χ1v) is 16.7. The molecule has 0 fully saturated rings. The van der Waals surface area contributed by atoms with E-state index in [2.05, 4.69) is 10.6 Å². The molecule has 3 aromatic rings. The van der Waals surface area contributed by atoms with Crippen molar-refractivity contribution >= 4 is 41.3 Å². The molecule has 0 spiro atoms. The third kappa shape index (κ3) is 10.7. The van der Waals surface area contributed by atoms with E-state index >= 15 is 0 Å². The van der Waals surface area contributed by atoms with Gasteiger partial charge in [0, 0.05) is 23.1 Å². The Bertz CT molecular complexity index is 1630. The lowest BCUT2D eigenvalue weighted by atomic mass is 9.81. The number of alkyl carbamates (subject to hydrolysis) is 1. The van der Waals surface area contributed by atoms with Gasteiger partial charge in [0.05, 0.1) is 5.52 Å². The largest absolute Gasteiger partial charge is 0.458 e. The number of hydrogen-bond acceptors (Lipinski definition) is 8. The standard InChI is InChI=1S/C38H51N3O8/c1-11-24(4)31(34(44)48-37(5,6)7)39-33(43)32(40-35(45)47-22-25-15-13-12-14-16-25)30(23(2)3)26-17-18-28-27(21-42)20-41(29(28)19-26)36(46)49-38(8,9)10/h12-21,23-24,30-32H,11,22H2,1-10H3,(H,39,43)(H,40,45)/t24-,30+,31-,32-/m0/s1. The number of esters is 1. The second-order valence-electron chi connectivity index (χ2n) is 14.7. The summed E-state index contributed by atoms with van der Waals surface area (Å²) in [5.74, 6) is -2.40. The summed E-state index contributed by atoms with van der Waals surface area (Å²) in [6, 6.07) is 12.1. The molecule has 0 aliphatic carbocycles. The summed E-state index contributed by atoms with van der Waals surface area (Å²) in [6.45, 7) is 18.0. The predicted molar refractivity (Wildman–Crippen MR) is 187 cm³/mol. The van der Waals surface area contributed by atoms with Crippen LogP contribution in [0, 0.1) is 11.8 Å². The minimum atomic E-state index is -1.22. The summed E-state index contributed by atoms with van der Waals surface area (Å²) in [5, 5.41) is 6.16. The van der Waals surface area contributed by atoms with E-state index in [4.69, 9.17) is 14.2 Å². The van der Waals surface area contributed by atoms with Crippen molar-refractivity contribution < 1.29 is 38.2 Å². The van der Waals surface area contributed by atoms with Gasteiger partial charge in [0.2, 0.25) is 5.91 Å². The molecule has 3 rings (SSSR count). The highest BCUT2D eigenvalue weighted by atomic mass is 16.6. The molecule has 0 aliphatic rings. The molecule has 266 valence electrons. The maximum Gasteiger partial charge on any atom is 0.419 e. The third-order valence-electron chi connectivity index (χ3n) is 7.98. The average Bonchev–Trinajstić information content (AvgIpc) is 3.39. The highest BCUT2D eigenvalue weighted by molar-refractivity contribution is 6.02. The first kappa shape index (κ1) is 38.8. The maximum absolute atomic E-state index is 14.3. The number of nitrogens with zero attached hydrogens (tertiary/aromatic N) is 1. The molecule has 4 atom stereocenters. The number of ether oxygens (including phenoxy) is 3. The Hall–Kier alpha value is -4.67. The van der Waals surface area contributed by atoms with Crippen LogP contribution in [0.2, 0.25) is 0 Å². The van der Waals surface area contributed by atoms with Gasteiger partial charge < -0.3 is 24.8 Å². The first-order valence-electron chi connectivity index (χ1n) is 16.7. The van der Waals surface area contributed by atoms with Gasteiger partial charge in [-0.15, -0.1) is 0 Å². The van der Waals surface area contributed by atoms with Gasteiger partial charge in [0.15, 0.2) is 6.29 Å². The molecule has 0 unspecified atom stereocenters. The van der Waals surface area contributed by atoms with Crippen molar-refractivity contribution in [2.45, 2.75) is 111 Å². The molecule has 0 saturated heterocycles. The topological polar surface area (TPSA) is 142 Å². The van der Waals surface area contributed by atoms with Gasteiger partial charge in [0.1, 0.15) is 29.9 Å². The number of aromatic nitrogens is 1. The van der Waals surface area contributed by atoms with Crippen molar-refractivity contribution in [1.29, 1.82) is 0 Å². The van der Waals surface area contributed by atoms with E-state index in [9.17, 15) is 24.0 Å². The second-order valence-corrected chi connectivity index (χ2v) is 14.7. The van der Waals surface area contributed by atoms with Crippen LogP contribution in [-0.4, -0.2) is 58.2 Å². The molecule has 11 heteroatoms. The summed E-state index contributed by atoms with van der Waals surface area (Å²) < 4.78 is 18.0. The van der Waals surface area contributed by atoms with E-state index < -0.39 is 53.3 Å². The Morgan fingerprint density at radius 3 is 2.04 bits per heavy atom. The molecule has 49 heavy (non-hydrogen) atoms. The SMILES string of the molecule is CC[C@H](C)[C@H](NC(=O)[C@@H](NC(=O)OCc1ccccc1)[C@@H](c1ccc2c(C=O)cn(C(=O)OC(C)(C)C)c2c1)C(C)C)C(=O)OC(C)(C)C. The van der Waals surface area contributed by atoms with Gasteiger partial charge in [-0.2, -0.15) is 0 Å². The molecule has 2 N–H and O–H groups in total. The lowest BCUT2D eigenvalue weighted by Gasteiger charge is -2.33. The molecular formula is C38H51N3O8. The fourth-order valence-corrected chi connectivity index (χ4v) is 5.48. The number of benzene rings is 2. The summed E-state index contributed by atoms with van der Waals surface area (Å²) in [7, 11) is 0. The van der Waals surface area contributed by atoms with Crippen molar-refractivity contribution in [2.24, 2.45) is 11.8 Å². The van der Waals surface area contributed by atoms with Crippen LogP contribution in [0.3, 0.4) is 0 Å². The normalized spacial score (nSPS) is 14.3. The van der Waals surface area contributed by atoms with Crippen molar-refractivity contribution in [1.82, 2.24) is 15.2 Å². The van der Waals surface area contributed by atoms with Gasteiger partial charge in [-0.25, -0.2) is 14.4 Å². The minimum absolute atomic E-state index is 0.0232. The highest BCUT2D eigenvalue weighted by Gasteiger charge is 2.38. The fraction of sp³-hybridized carbons (Fsp3) is 0.500. The third-order valence-corrected chi connectivity index (χ3v) is 7.98. The van der Waals surface area contributed by atoms with Crippen LogP contribution < -0.4 is 10.6 Å². The van der Waals surface area contributed by atoms with Gasteiger partial charge in [-0.05, 0) is 70.6 Å². The van der Waals surface area contributed by atoms with E-state index in [1.54, 1.807) is 59.7 Å². The molecule has 0 aliphatic heterocycles. The van der Waals surface area contributed by atoms with Crippen LogP contribution in [0.5, 0.6) is 0 Å². The second kappa shape index (κ2) is 16.2. The number of carbonyl (C=O) groups excluding carboxylic acids is 5. The Morgan fingerprint density at radius 1 is 0.857 bits per heavy atom. The van der Waals surface area contributed by atoms with E-state index in [1.807, 2.05) is 58.0 Å². The molecule has 0 saturated carbocycles. The number of nitrogens with one attached hydrogen (secondary N) is 2. The van der Waals surface area contributed by atoms with Crippen LogP contribution in [-0.2, 0) is 30.4 Å². The molecular weight excluding hydrogens is 626 g/mol. The number of rotatable bonds is 12. The average molecular weight is 678 g/mol. The number of hydrogen-bond donors (Lipinski definition) is 2. The monoisotopic (exact) mass is 677 g/mol. The molecule has 0 radical (unpaired) electrons. The number of fused-ring (bicyclic) bond motifs is 1. The van der Waals surface area contributed by atoms with Gasteiger partial charge in [-0.1, -0.05) is 76.6 Å². The summed E-state index contributed by atoms with van der Waals surface area (Å²) in [5.41, 5.74) is 0.478. The predicted octanol–water partition coefficient (Wildman–Crippen LogP) is 7.14. The van der Waals surface area contributed by atoms with Crippen molar-refractivity contribution in [3.63, 3.8) is 0 Å². The Balaban J connectivity index is 2.10. The maximum atomic E-state index is 14.3. The van der Waals surface area contributed by atoms with Crippen LogP contribution in [0.25, 0.3) is 10.9 Å². The van der Waals surface area contributed by atoms with Crippen molar-refractivity contribution in [3.05, 3.63) is 71.4 Å². The van der Waals surface area contributed by atoms with Crippen LogP contribution in [0.4, 0.5) is 9.59 Å². The molecule has 2 aromatic carbocycles. The summed E-state index contributed by atoms with van der Waals surface area (Å²) in [6.07, 6.45) is 1.16. The van der Waals surface area contributed by atoms with E-state index in [0.717, 1.165) is 5.56 Å². The van der Waals surface area contributed by atoms with E-state index in [-0.39, 0.29) is 18.4 Å². The Morgan fingerprint density at radius 2 is 1.49 bits per heavy atom. The number of carbonyl (C=O) groups is 5. The lowest BCUT2D eigenvalue weighted by Crippen LogP contribution is -2.56. The molecule has 0 bridgehead atoms. The summed E-state index contributed by atoms with van der Waals surface area (Å²) >= 11 is 0. The Labute approximate surface area is 289 Å². The zero-order valence-corrected chi connectivity index (χ0v) is 30.3. The van der Waals surface area contributed by atoms with Gasteiger partial charge >= 0.3 is 18.2 Å². The highest BCUT2D eigenvalue weighted by Crippen LogP contribution is 2.33. The number of aldehydes is 1. The fourth-order valence-electron chi connectivity index (χ4n) is 5.48. The van der Waals surface area contributed by atoms with Gasteiger partial charge in [0.25, 0.3) is 0 Å². The Kier molecular flexibility index (Phi) is 12.8. The van der Waals surface area contributed by atoms with Crippen LogP contribution in [0.1, 0.15) is 103 Å². The van der Waals surface area contributed by atoms with Crippen molar-refractivity contribution in [2.75, 3.05) is 0 Å². The molecule has 2 amide bonds. The van der Waals surface area contributed by atoms with E-state index in [1.165, 1.54) is 10.8 Å². The first-order chi connectivity index (χ1) is 22.8. The van der Waals surface area contributed by atoms with E-state index in [0.29, 0.717) is 34.7 Å². The zero-order chi connectivity index (χ0) is 36.7. The molecule has 1 heterocycles. The lowest BCUT2D eigenvalue weighted by molar-refractivity contribution is -0.160. The van der Waals surface area contributed by atoms with Crippen LogP contribution >= 0.6 is 0 Å². The quantitative estimate of drug-likeness (QED) is 0.117. The van der Waals surface area contributed by atoms with Crippen LogP contribution in [0.15, 0.2) is 54.7 Å².